The molecular formula is C11H12BrFN2O6S. The Morgan fingerprint density at radius 3 is 2.68 bits per heavy atom. The molecule has 0 atom stereocenters. The maximum absolute atomic E-state index is 13.3. The topological polar surface area (TPSA) is 116 Å². The second kappa shape index (κ2) is 7.49. The molecule has 22 heavy (non-hydrogen) atoms. The third-order valence-electron chi connectivity index (χ3n) is 2.38. The molecule has 1 aromatic carbocycles. The zero-order chi connectivity index (χ0) is 16.9. The van der Waals surface area contributed by atoms with E-state index < -0.39 is 38.2 Å². The van der Waals surface area contributed by atoms with Crippen molar-refractivity contribution >= 4 is 43.3 Å². The minimum absolute atomic E-state index is 0.00434. The van der Waals surface area contributed by atoms with Gasteiger partial charge < -0.3 is 4.74 Å². The summed E-state index contributed by atoms with van der Waals surface area (Å²) in [5.41, 5.74) is -1.07. The first kappa shape index (κ1) is 18.3. The quantitative estimate of drug-likeness (QED) is 0.427. The Hall–Kier alpha value is -1.75. The van der Waals surface area contributed by atoms with E-state index in [1.165, 1.54) is 0 Å². The lowest BCUT2D eigenvalue weighted by atomic mass is 10.3. The molecule has 0 saturated heterocycles. The molecule has 1 aromatic rings. The maximum Gasteiger partial charge on any atom is 0.306 e. The van der Waals surface area contributed by atoms with Crippen LogP contribution < -0.4 is 4.72 Å². The first-order valence-electron chi connectivity index (χ1n) is 5.96. The average molecular weight is 399 g/mol. The number of hydrogen-bond acceptors (Lipinski definition) is 6. The monoisotopic (exact) mass is 398 g/mol. The zero-order valence-corrected chi connectivity index (χ0v) is 13.7. The third-order valence-corrected chi connectivity index (χ3v) is 4.31. The molecule has 0 heterocycles. The van der Waals surface area contributed by atoms with Crippen LogP contribution in [0.25, 0.3) is 0 Å². The van der Waals surface area contributed by atoms with E-state index in [9.17, 15) is 27.7 Å². The van der Waals surface area contributed by atoms with E-state index in [0.29, 0.717) is 0 Å². The summed E-state index contributed by atoms with van der Waals surface area (Å²) in [6.07, 6.45) is -0.371. The Balaban J connectivity index is 2.91. The molecule has 0 amide bonds. The van der Waals surface area contributed by atoms with Gasteiger partial charge in [-0.1, -0.05) is 0 Å². The molecule has 0 bridgehead atoms. The molecule has 11 heteroatoms. The lowest BCUT2D eigenvalue weighted by Crippen LogP contribution is -2.20. The summed E-state index contributed by atoms with van der Waals surface area (Å²) in [4.78, 5) is 20.8. The van der Waals surface area contributed by atoms with Crippen LogP contribution >= 0.6 is 15.9 Å². The molecule has 122 valence electrons. The molecule has 0 aliphatic carbocycles. The van der Waals surface area contributed by atoms with Crippen molar-refractivity contribution in [2.75, 3.05) is 17.1 Å². The van der Waals surface area contributed by atoms with E-state index in [1.54, 1.807) is 6.92 Å². The van der Waals surface area contributed by atoms with E-state index >= 15 is 0 Å². The Labute approximate surface area is 134 Å². The summed E-state index contributed by atoms with van der Waals surface area (Å²) in [7, 11) is -3.95. The summed E-state index contributed by atoms with van der Waals surface area (Å²) >= 11 is 2.91. The first-order valence-corrected chi connectivity index (χ1v) is 8.40. The van der Waals surface area contributed by atoms with E-state index in [-0.39, 0.29) is 23.2 Å². The van der Waals surface area contributed by atoms with Gasteiger partial charge in [0.25, 0.3) is 0 Å². The number of carbonyl (C=O) groups excluding carboxylic acids is 1. The van der Waals surface area contributed by atoms with Crippen LogP contribution in [0.15, 0.2) is 16.6 Å². The molecule has 0 fully saturated rings. The van der Waals surface area contributed by atoms with Gasteiger partial charge in [-0.25, -0.2) is 8.42 Å². The van der Waals surface area contributed by atoms with Gasteiger partial charge in [0, 0.05) is 10.5 Å². The lowest BCUT2D eigenvalue weighted by molar-refractivity contribution is -0.387. The molecule has 1 N–H and O–H groups in total. The number of sulfonamides is 1. The first-order chi connectivity index (χ1) is 10.2. The second-order valence-corrected chi connectivity index (χ2v) is 6.71. The number of ether oxygens (including phenoxy) is 1. The van der Waals surface area contributed by atoms with Crippen molar-refractivity contribution in [3.63, 3.8) is 0 Å². The Morgan fingerprint density at radius 1 is 1.50 bits per heavy atom. The fourth-order valence-corrected chi connectivity index (χ4v) is 3.01. The molecule has 8 nitrogen and oxygen atoms in total. The van der Waals surface area contributed by atoms with Crippen molar-refractivity contribution < 1.29 is 27.3 Å². The highest BCUT2D eigenvalue weighted by Gasteiger charge is 2.21. The normalized spacial score (nSPS) is 11.0. The Morgan fingerprint density at radius 2 is 2.14 bits per heavy atom. The van der Waals surface area contributed by atoms with Crippen molar-refractivity contribution in [1.29, 1.82) is 0 Å². The number of rotatable bonds is 7. The van der Waals surface area contributed by atoms with Gasteiger partial charge in [-0.3, -0.25) is 19.6 Å². The van der Waals surface area contributed by atoms with Gasteiger partial charge >= 0.3 is 11.7 Å². The number of nitrogens with zero attached hydrogens (tertiary/aromatic N) is 1. The molecule has 0 aliphatic heterocycles. The predicted octanol–water partition coefficient (Wildman–Crippen LogP) is 2.19. The lowest BCUT2D eigenvalue weighted by Gasteiger charge is -2.09. The van der Waals surface area contributed by atoms with Gasteiger partial charge in [-0.05, 0) is 28.9 Å². The number of benzene rings is 1. The van der Waals surface area contributed by atoms with E-state index in [0.717, 1.165) is 12.1 Å². The van der Waals surface area contributed by atoms with Crippen LogP contribution in [0, 0.1) is 15.9 Å². The number of nitro benzene ring substituents is 1. The van der Waals surface area contributed by atoms with Crippen LogP contribution in [0.3, 0.4) is 0 Å². The number of nitrogens with one attached hydrogen (secondary N) is 1. The van der Waals surface area contributed by atoms with Crippen LogP contribution in [0.1, 0.15) is 13.3 Å². The largest absolute Gasteiger partial charge is 0.466 e. The van der Waals surface area contributed by atoms with Crippen LogP contribution in [-0.4, -0.2) is 31.7 Å². The number of carbonyl (C=O) groups is 1. The number of esters is 1. The number of halogens is 2. The Kier molecular flexibility index (Phi) is 6.23. The Bertz CT molecular complexity index is 694. The summed E-state index contributed by atoms with van der Waals surface area (Å²) in [5, 5.41) is 10.6. The molecule has 0 aliphatic rings. The second-order valence-electron chi connectivity index (χ2n) is 4.02. The molecule has 0 saturated carbocycles. The zero-order valence-electron chi connectivity index (χ0n) is 11.3. The number of hydrogen-bond donors (Lipinski definition) is 1. The van der Waals surface area contributed by atoms with Crippen LogP contribution in [0.5, 0.6) is 0 Å². The van der Waals surface area contributed by atoms with Gasteiger partial charge in [0.1, 0.15) is 0 Å². The fourth-order valence-electron chi connectivity index (χ4n) is 1.43. The standard InChI is InChI=1S/C11H12BrFN2O6S/c1-2-21-11(16)3-4-22(19,20)14-9-6-10(15(17)18)8(13)5-7(9)12/h5-6,14H,2-4H2,1H3. The van der Waals surface area contributed by atoms with Crippen LogP contribution in [0.4, 0.5) is 15.8 Å². The minimum atomic E-state index is -3.95. The van der Waals surface area contributed by atoms with E-state index in [2.05, 4.69) is 25.4 Å². The SMILES string of the molecule is CCOC(=O)CCS(=O)(=O)Nc1cc([N+](=O)[O-])c(F)cc1Br. The van der Waals surface area contributed by atoms with Gasteiger partial charge in [-0.2, -0.15) is 4.39 Å². The third kappa shape index (κ3) is 5.22. The average Bonchev–Trinajstić information content (AvgIpc) is 2.39. The smallest absolute Gasteiger partial charge is 0.306 e. The highest BCUT2D eigenvalue weighted by Crippen LogP contribution is 2.30. The highest BCUT2D eigenvalue weighted by molar-refractivity contribution is 9.10. The van der Waals surface area contributed by atoms with Crippen molar-refractivity contribution in [2.45, 2.75) is 13.3 Å². The van der Waals surface area contributed by atoms with Crippen molar-refractivity contribution in [2.24, 2.45) is 0 Å². The molecule has 0 spiro atoms. The minimum Gasteiger partial charge on any atom is -0.466 e. The van der Waals surface area contributed by atoms with Crippen molar-refractivity contribution in [3.05, 3.63) is 32.5 Å². The van der Waals surface area contributed by atoms with Crippen molar-refractivity contribution in [3.8, 4) is 0 Å². The van der Waals surface area contributed by atoms with E-state index in [4.69, 9.17) is 0 Å². The summed E-state index contributed by atoms with van der Waals surface area (Å²) < 4.78 is 43.6. The van der Waals surface area contributed by atoms with Crippen LogP contribution in [-0.2, 0) is 19.6 Å². The van der Waals surface area contributed by atoms with Crippen molar-refractivity contribution in [1.82, 2.24) is 0 Å². The molecule has 0 radical (unpaired) electrons. The summed E-state index contributed by atoms with van der Waals surface area (Å²) in [6.45, 7) is 1.71. The van der Waals surface area contributed by atoms with Gasteiger partial charge in [0.05, 0.1) is 29.4 Å². The van der Waals surface area contributed by atoms with E-state index in [1.807, 2.05) is 0 Å². The van der Waals surface area contributed by atoms with Gasteiger partial charge in [0.15, 0.2) is 0 Å². The molecular weight excluding hydrogens is 387 g/mol. The predicted molar refractivity (Wildman–Crippen MR) is 79.4 cm³/mol. The highest BCUT2D eigenvalue weighted by atomic mass is 79.9. The number of anilines is 1. The van der Waals surface area contributed by atoms with Gasteiger partial charge in [-0.15, -0.1) is 0 Å². The summed E-state index contributed by atoms with van der Waals surface area (Å²) in [5.74, 6) is -2.35. The maximum atomic E-state index is 13.3. The van der Waals surface area contributed by atoms with Gasteiger partial charge in [0.2, 0.25) is 15.8 Å². The fraction of sp³-hybridized carbons (Fsp3) is 0.364. The number of nitro groups is 1. The van der Waals surface area contributed by atoms with Crippen LogP contribution in [0.2, 0.25) is 0 Å². The molecule has 0 unspecified atom stereocenters. The molecule has 1 rings (SSSR count). The molecule has 0 aromatic heterocycles. The summed E-state index contributed by atoms with van der Waals surface area (Å²) in [6, 6.07) is 1.53.